The van der Waals surface area contributed by atoms with E-state index in [-0.39, 0.29) is 11.4 Å². The quantitative estimate of drug-likeness (QED) is 0.862. The van der Waals surface area contributed by atoms with Gasteiger partial charge in [-0.1, -0.05) is 18.2 Å². The van der Waals surface area contributed by atoms with Crippen LogP contribution in [0.1, 0.15) is 34.3 Å². The molecule has 2 N–H and O–H groups in total. The van der Waals surface area contributed by atoms with Crippen LogP contribution in [-0.2, 0) is 4.74 Å². The second kappa shape index (κ2) is 6.37. The second-order valence-electron chi connectivity index (χ2n) is 5.69. The number of hydrogen-bond donors (Lipinski definition) is 2. The summed E-state index contributed by atoms with van der Waals surface area (Å²) in [4.78, 5) is 12.4. The highest BCUT2D eigenvalue weighted by molar-refractivity contribution is 5.97. The van der Waals surface area contributed by atoms with Crippen molar-refractivity contribution in [2.75, 3.05) is 26.8 Å². The molecule has 1 aliphatic rings. The van der Waals surface area contributed by atoms with Crippen LogP contribution in [0.3, 0.4) is 0 Å². The van der Waals surface area contributed by atoms with E-state index in [0.717, 1.165) is 36.1 Å². The molecule has 1 aliphatic heterocycles. The van der Waals surface area contributed by atoms with Crippen molar-refractivity contribution in [2.45, 2.75) is 32.2 Å². The predicted molar refractivity (Wildman–Crippen MR) is 80.1 cm³/mol. The van der Waals surface area contributed by atoms with Gasteiger partial charge in [-0.05, 0) is 44.4 Å². The number of benzene rings is 1. The number of hydrogen-bond acceptors (Lipinski definition) is 3. The number of amides is 1. The molecular formula is C16H24N2O2. The van der Waals surface area contributed by atoms with Crippen LogP contribution in [0.2, 0.25) is 0 Å². The van der Waals surface area contributed by atoms with Crippen molar-refractivity contribution in [3.05, 3.63) is 34.9 Å². The van der Waals surface area contributed by atoms with Crippen LogP contribution >= 0.6 is 0 Å². The SMILES string of the molecule is COCC1(CNC(=O)c2c(C)cccc2C)CCCN1. The van der Waals surface area contributed by atoms with Gasteiger partial charge in [0.1, 0.15) is 0 Å². The highest BCUT2D eigenvalue weighted by Gasteiger charge is 2.33. The molecule has 2 rings (SSSR count). The standard InChI is InChI=1S/C16H24N2O2/c1-12-6-4-7-13(2)14(12)15(19)17-10-16(11-20-3)8-5-9-18-16/h4,6-7,18H,5,8-11H2,1-3H3,(H,17,19). The zero-order chi connectivity index (χ0) is 14.6. The fourth-order valence-corrected chi connectivity index (χ4v) is 2.98. The van der Waals surface area contributed by atoms with Gasteiger partial charge < -0.3 is 15.4 Å². The van der Waals surface area contributed by atoms with E-state index in [4.69, 9.17) is 4.74 Å². The first-order valence-electron chi connectivity index (χ1n) is 7.16. The molecular weight excluding hydrogens is 252 g/mol. The first-order chi connectivity index (χ1) is 9.58. The molecule has 1 heterocycles. The van der Waals surface area contributed by atoms with E-state index in [1.54, 1.807) is 7.11 Å². The average molecular weight is 276 g/mol. The Morgan fingerprint density at radius 1 is 1.40 bits per heavy atom. The Kier molecular flexibility index (Phi) is 4.78. The summed E-state index contributed by atoms with van der Waals surface area (Å²) in [6.07, 6.45) is 2.16. The van der Waals surface area contributed by atoms with E-state index in [2.05, 4.69) is 10.6 Å². The van der Waals surface area contributed by atoms with Crippen LogP contribution in [0, 0.1) is 13.8 Å². The molecule has 110 valence electrons. The van der Waals surface area contributed by atoms with Crippen molar-refractivity contribution in [3.63, 3.8) is 0 Å². The van der Waals surface area contributed by atoms with Gasteiger partial charge in [-0.15, -0.1) is 0 Å². The van der Waals surface area contributed by atoms with Gasteiger partial charge in [-0.25, -0.2) is 0 Å². The van der Waals surface area contributed by atoms with E-state index < -0.39 is 0 Å². The third kappa shape index (κ3) is 3.19. The van der Waals surface area contributed by atoms with E-state index in [9.17, 15) is 4.79 Å². The minimum Gasteiger partial charge on any atom is -0.383 e. The fourth-order valence-electron chi connectivity index (χ4n) is 2.98. The highest BCUT2D eigenvalue weighted by Crippen LogP contribution is 2.19. The summed E-state index contributed by atoms with van der Waals surface area (Å²) in [6.45, 7) is 6.16. The van der Waals surface area contributed by atoms with Gasteiger partial charge in [-0.3, -0.25) is 4.79 Å². The Labute approximate surface area is 120 Å². The van der Waals surface area contributed by atoms with Crippen LogP contribution < -0.4 is 10.6 Å². The van der Waals surface area contributed by atoms with Gasteiger partial charge in [0.25, 0.3) is 5.91 Å². The lowest BCUT2D eigenvalue weighted by Crippen LogP contribution is -2.53. The Bertz CT molecular complexity index is 459. The van der Waals surface area contributed by atoms with Gasteiger partial charge >= 0.3 is 0 Å². The number of methoxy groups -OCH3 is 1. The van der Waals surface area contributed by atoms with E-state index in [1.807, 2.05) is 32.0 Å². The van der Waals surface area contributed by atoms with Gasteiger partial charge in [0, 0.05) is 19.2 Å². The molecule has 1 aromatic carbocycles. The van der Waals surface area contributed by atoms with Crippen molar-refractivity contribution in [1.29, 1.82) is 0 Å². The summed E-state index contributed by atoms with van der Waals surface area (Å²) < 4.78 is 5.30. The first-order valence-corrected chi connectivity index (χ1v) is 7.16. The summed E-state index contributed by atoms with van der Waals surface area (Å²) >= 11 is 0. The van der Waals surface area contributed by atoms with Gasteiger partial charge in [0.2, 0.25) is 0 Å². The third-order valence-corrected chi connectivity index (χ3v) is 4.05. The average Bonchev–Trinajstić information content (AvgIpc) is 2.86. The Morgan fingerprint density at radius 2 is 2.10 bits per heavy atom. The van der Waals surface area contributed by atoms with E-state index in [0.29, 0.717) is 13.2 Å². The predicted octanol–water partition coefficient (Wildman–Crippen LogP) is 1.80. The topological polar surface area (TPSA) is 50.4 Å². The smallest absolute Gasteiger partial charge is 0.251 e. The molecule has 1 saturated heterocycles. The molecule has 1 unspecified atom stereocenters. The lowest BCUT2D eigenvalue weighted by atomic mass is 9.97. The van der Waals surface area contributed by atoms with E-state index in [1.165, 1.54) is 0 Å². The Balaban J connectivity index is 2.04. The summed E-state index contributed by atoms with van der Waals surface area (Å²) in [5.41, 5.74) is 2.71. The molecule has 0 aromatic heterocycles. The van der Waals surface area contributed by atoms with Crippen LogP contribution in [0.15, 0.2) is 18.2 Å². The van der Waals surface area contributed by atoms with Crippen LogP contribution in [-0.4, -0.2) is 38.3 Å². The molecule has 4 nitrogen and oxygen atoms in total. The zero-order valence-electron chi connectivity index (χ0n) is 12.6. The molecule has 0 bridgehead atoms. The lowest BCUT2D eigenvalue weighted by molar-refractivity contribution is 0.0891. The maximum absolute atomic E-state index is 12.4. The molecule has 4 heteroatoms. The summed E-state index contributed by atoms with van der Waals surface area (Å²) in [6, 6.07) is 5.92. The molecule has 1 atom stereocenters. The molecule has 1 aromatic rings. The number of carbonyl (C=O) groups excluding carboxylic acids is 1. The van der Waals surface area contributed by atoms with Gasteiger partial charge in [-0.2, -0.15) is 0 Å². The summed E-state index contributed by atoms with van der Waals surface area (Å²) in [5, 5.41) is 6.53. The van der Waals surface area contributed by atoms with Crippen LogP contribution in [0.25, 0.3) is 0 Å². The molecule has 20 heavy (non-hydrogen) atoms. The molecule has 0 saturated carbocycles. The van der Waals surface area contributed by atoms with Crippen molar-refractivity contribution in [2.24, 2.45) is 0 Å². The maximum Gasteiger partial charge on any atom is 0.251 e. The minimum atomic E-state index is -0.110. The number of ether oxygens (including phenoxy) is 1. The number of nitrogens with one attached hydrogen (secondary N) is 2. The zero-order valence-corrected chi connectivity index (χ0v) is 12.6. The first kappa shape index (κ1) is 15.0. The second-order valence-corrected chi connectivity index (χ2v) is 5.69. The van der Waals surface area contributed by atoms with E-state index >= 15 is 0 Å². The van der Waals surface area contributed by atoms with Crippen molar-refractivity contribution < 1.29 is 9.53 Å². The fraction of sp³-hybridized carbons (Fsp3) is 0.562. The molecule has 0 aliphatic carbocycles. The largest absolute Gasteiger partial charge is 0.383 e. The van der Waals surface area contributed by atoms with Gasteiger partial charge in [0.05, 0.1) is 12.1 Å². The molecule has 0 spiro atoms. The van der Waals surface area contributed by atoms with Crippen LogP contribution in [0.5, 0.6) is 0 Å². The Morgan fingerprint density at radius 3 is 2.65 bits per heavy atom. The number of aryl methyl sites for hydroxylation is 2. The number of carbonyl (C=O) groups is 1. The molecule has 1 fully saturated rings. The maximum atomic E-state index is 12.4. The van der Waals surface area contributed by atoms with Crippen LogP contribution in [0.4, 0.5) is 0 Å². The molecule has 1 amide bonds. The van der Waals surface area contributed by atoms with Gasteiger partial charge in [0.15, 0.2) is 0 Å². The number of rotatable bonds is 5. The van der Waals surface area contributed by atoms with Crippen molar-refractivity contribution in [1.82, 2.24) is 10.6 Å². The van der Waals surface area contributed by atoms with Crippen molar-refractivity contribution in [3.8, 4) is 0 Å². The highest BCUT2D eigenvalue weighted by atomic mass is 16.5. The lowest BCUT2D eigenvalue weighted by Gasteiger charge is -2.29. The summed E-state index contributed by atoms with van der Waals surface area (Å²) in [5.74, 6) is 0.00442. The van der Waals surface area contributed by atoms with Crippen molar-refractivity contribution >= 4 is 5.91 Å². The third-order valence-electron chi connectivity index (χ3n) is 4.05. The normalized spacial score (nSPS) is 21.9. The monoisotopic (exact) mass is 276 g/mol. The Hall–Kier alpha value is -1.39. The summed E-state index contributed by atoms with van der Waals surface area (Å²) in [7, 11) is 1.70. The molecule has 0 radical (unpaired) electrons. The minimum absolute atomic E-state index is 0.00442.